The lowest BCUT2D eigenvalue weighted by Crippen LogP contribution is -1.84. The van der Waals surface area contributed by atoms with Crippen LogP contribution >= 0.6 is 0 Å². The van der Waals surface area contributed by atoms with Crippen molar-refractivity contribution in [1.29, 1.82) is 0 Å². The molecule has 0 spiro atoms. The van der Waals surface area contributed by atoms with Crippen LogP contribution in [0.25, 0.3) is 11.1 Å². The quantitative estimate of drug-likeness (QED) is 0.686. The molecule has 2 aromatic carbocycles. The van der Waals surface area contributed by atoms with Crippen molar-refractivity contribution in [3.63, 3.8) is 0 Å². The van der Waals surface area contributed by atoms with Gasteiger partial charge in [-0.3, -0.25) is 0 Å². The highest BCUT2D eigenvalue weighted by molar-refractivity contribution is 5.77. The lowest BCUT2D eigenvalue weighted by atomic mass is 10.0. The Balaban J connectivity index is 2.66. The number of rotatable bonds is 1. The maximum absolute atomic E-state index is 9.89. The van der Waals surface area contributed by atoms with Crippen LogP contribution in [0.1, 0.15) is 5.56 Å². The third kappa shape index (κ3) is 1.56. The normalized spacial score (nSPS) is 10.3. The first-order valence-corrected chi connectivity index (χ1v) is 4.91. The highest BCUT2D eigenvalue weighted by Crippen LogP contribution is 2.39. The van der Waals surface area contributed by atoms with Gasteiger partial charge in [0.15, 0.2) is 0 Å². The molecule has 0 bridgehead atoms. The second-order valence-electron chi connectivity index (χ2n) is 3.62. The van der Waals surface area contributed by atoms with Crippen molar-refractivity contribution in [3.05, 3.63) is 42.0 Å². The first kappa shape index (κ1) is 10.4. The van der Waals surface area contributed by atoms with Gasteiger partial charge in [0.1, 0.15) is 17.2 Å². The van der Waals surface area contributed by atoms with E-state index in [0.29, 0.717) is 16.7 Å². The van der Waals surface area contributed by atoms with E-state index in [4.69, 9.17) is 0 Å². The first-order valence-electron chi connectivity index (χ1n) is 4.91. The maximum atomic E-state index is 9.89. The zero-order valence-corrected chi connectivity index (χ0v) is 8.81. The molecule has 82 valence electrons. The number of aromatic hydroxyl groups is 3. The van der Waals surface area contributed by atoms with E-state index < -0.39 is 0 Å². The molecule has 0 amide bonds. The minimum atomic E-state index is -0.0125. The Morgan fingerprint density at radius 3 is 2.12 bits per heavy atom. The molecule has 0 aliphatic carbocycles. The summed E-state index contributed by atoms with van der Waals surface area (Å²) in [7, 11) is 0. The molecule has 2 aromatic rings. The van der Waals surface area contributed by atoms with Crippen LogP contribution in [-0.2, 0) is 0 Å². The fraction of sp³-hybridized carbons (Fsp3) is 0.0769. The van der Waals surface area contributed by atoms with Gasteiger partial charge >= 0.3 is 0 Å². The first-order chi connectivity index (χ1) is 7.61. The third-order valence-electron chi connectivity index (χ3n) is 2.60. The highest BCUT2D eigenvalue weighted by Gasteiger charge is 2.12. The highest BCUT2D eigenvalue weighted by atomic mass is 16.3. The lowest BCUT2D eigenvalue weighted by molar-refractivity contribution is 0.443. The van der Waals surface area contributed by atoms with Gasteiger partial charge in [-0.05, 0) is 25.1 Å². The van der Waals surface area contributed by atoms with Gasteiger partial charge in [-0.25, -0.2) is 0 Å². The fourth-order valence-electron chi connectivity index (χ4n) is 1.61. The zero-order chi connectivity index (χ0) is 11.7. The second-order valence-corrected chi connectivity index (χ2v) is 3.62. The Kier molecular flexibility index (Phi) is 2.44. The van der Waals surface area contributed by atoms with Crippen LogP contribution in [0.2, 0.25) is 0 Å². The lowest BCUT2D eigenvalue weighted by Gasteiger charge is -2.10. The Labute approximate surface area is 93.2 Å². The van der Waals surface area contributed by atoms with Gasteiger partial charge in [0, 0.05) is 16.7 Å². The summed E-state index contributed by atoms with van der Waals surface area (Å²) in [4.78, 5) is 0. The molecule has 0 aliphatic heterocycles. The summed E-state index contributed by atoms with van der Waals surface area (Å²) < 4.78 is 0. The predicted molar refractivity (Wildman–Crippen MR) is 61.6 cm³/mol. The largest absolute Gasteiger partial charge is 0.508 e. The summed E-state index contributed by atoms with van der Waals surface area (Å²) in [6.07, 6.45) is 0. The van der Waals surface area contributed by atoms with Gasteiger partial charge in [0.2, 0.25) is 0 Å². The molecule has 0 unspecified atom stereocenters. The Bertz CT molecular complexity index is 533. The molecule has 0 radical (unpaired) electrons. The number of phenolic OH excluding ortho intramolecular Hbond substituents is 3. The molecule has 3 N–H and O–H groups in total. The number of benzene rings is 2. The summed E-state index contributed by atoms with van der Waals surface area (Å²) >= 11 is 0. The van der Waals surface area contributed by atoms with E-state index in [-0.39, 0.29) is 17.2 Å². The maximum Gasteiger partial charge on any atom is 0.130 e. The molecule has 0 fully saturated rings. The number of hydrogen-bond acceptors (Lipinski definition) is 3. The van der Waals surface area contributed by atoms with E-state index >= 15 is 0 Å². The van der Waals surface area contributed by atoms with Gasteiger partial charge in [-0.15, -0.1) is 0 Å². The van der Waals surface area contributed by atoms with E-state index in [2.05, 4.69) is 0 Å². The second kappa shape index (κ2) is 3.77. The average molecular weight is 216 g/mol. The zero-order valence-electron chi connectivity index (χ0n) is 8.81. The minimum absolute atomic E-state index is 0.0125. The average Bonchev–Trinajstić information content (AvgIpc) is 2.28. The molecule has 0 aromatic heterocycles. The van der Waals surface area contributed by atoms with Gasteiger partial charge in [-0.2, -0.15) is 0 Å². The van der Waals surface area contributed by atoms with Crippen molar-refractivity contribution in [1.82, 2.24) is 0 Å². The Hall–Kier alpha value is -2.16. The van der Waals surface area contributed by atoms with Crippen LogP contribution in [0.5, 0.6) is 17.2 Å². The van der Waals surface area contributed by atoms with Crippen molar-refractivity contribution >= 4 is 0 Å². The molecule has 3 heteroatoms. The summed E-state index contributed by atoms with van der Waals surface area (Å²) in [5.41, 5.74) is 1.46. The van der Waals surface area contributed by atoms with Gasteiger partial charge < -0.3 is 15.3 Å². The topological polar surface area (TPSA) is 60.7 Å². The van der Waals surface area contributed by atoms with E-state index in [1.54, 1.807) is 37.3 Å². The SMILES string of the molecule is Cc1c(O)ccc(-c2ccccc2O)c1O. The number of para-hydroxylation sites is 1. The molecule has 3 nitrogen and oxygen atoms in total. The van der Waals surface area contributed by atoms with E-state index in [0.717, 1.165) is 0 Å². The molecule has 16 heavy (non-hydrogen) atoms. The molecule has 0 saturated heterocycles. The summed E-state index contributed by atoms with van der Waals surface area (Å²) in [6, 6.07) is 9.82. The number of hydrogen-bond donors (Lipinski definition) is 3. The molecule has 0 atom stereocenters. The van der Waals surface area contributed by atoms with Crippen LogP contribution in [0.3, 0.4) is 0 Å². The summed E-state index contributed by atoms with van der Waals surface area (Å²) in [6.45, 7) is 1.62. The number of phenols is 3. The van der Waals surface area contributed by atoms with Gasteiger partial charge in [0.05, 0.1) is 0 Å². The van der Waals surface area contributed by atoms with Gasteiger partial charge in [0.25, 0.3) is 0 Å². The van der Waals surface area contributed by atoms with Crippen molar-refractivity contribution in [2.45, 2.75) is 6.92 Å². The van der Waals surface area contributed by atoms with Crippen LogP contribution < -0.4 is 0 Å². The van der Waals surface area contributed by atoms with Crippen LogP contribution in [-0.4, -0.2) is 15.3 Å². The molecular weight excluding hydrogens is 204 g/mol. The van der Waals surface area contributed by atoms with Crippen LogP contribution in [0, 0.1) is 6.92 Å². The third-order valence-corrected chi connectivity index (χ3v) is 2.60. The van der Waals surface area contributed by atoms with E-state index in [1.807, 2.05) is 0 Å². The minimum Gasteiger partial charge on any atom is -0.508 e. The molecule has 2 rings (SSSR count). The fourth-order valence-corrected chi connectivity index (χ4v) is 1.61. The monoisotopic (exact) mass is 216 g/mol. The predicted octanol–water partition coefficient (Wildman–Crippen LogP) is 2.78. The van der Waals surface area contributed by atoms with Crippen LogP contribution in [0.15, 0.2) is 36.4 Å². The molecular formula is C13H12O3. The van der Waals surface area contributed by atoms with E-state index in [9.17, 15) is 15.3 Å². The Morgan fingerprint density at radius 1 is 0.750 bits per heavy atom. The van der Waals surface area contributed by atoms with E-state index in [1.165, 1.54) is 6.07 Å². The van der Waals surface area contributed by atoms with Crippen LogP contribution in [0.4, 0.5) is 0 Å². The summed E-state index contributed by atoms with van der Waals surface area (Å²) in [5, 5.41) is 29.0. The summed E-state index contributed by atoms with van der Waals surface area (Å²) in [5.74, 6) is 0.126. The van der Waals surface area contributed by atoms with Crippen molar-refractivity contribution in [2.24, 2.45) is 0 Å². The molecule has 0 saturated carbocycles. The smallest absolute Gasteiger partial charge is 0.130 e. The van der Waals surface area contributed by atoms with Crippen molar-refractivity contribution < 1.29 is 15.3 Å². The standard InChI is InChI=1S/C13H12O3/c1-8-11(14)7-6-10(13(8)16)9-4-2-3-5-12(9)15/h2-7,14-16H,1H3. The van der Waals surface area contributed by atoms with Gasteiger partial charge in [-0.1, -0.05) is 18.2 Å². The Morgan fingerprint density at radius 2 is 1.44 bits per heavy atom. The van der Waals surface area contributed by atoms with Crippen molar-refractivity contribution in [3.8, 4) is 28.4 Å². The molecule has 0 aliphatic rings. The molecule has 0 heterocycles. The van der Waals surface area contributed by atoms with Crippen molar-refractivity contribution in [2.75, 3.05) is 0 Å².